The Morgan fingerprint density at radius 1 is 1.05 bits per heavy atom. The summed E-state index contributed by atoms with van der Waals surface area (Å²) < 4.78 is 37.3. The summed E-state index contributed by atoms with van der Waals surface area (Å²) in [5.74, 6) is 0. The van der Waals surface area contributed by atoms with E-state index in [0.29, 0.717) is 11.3 Å². The Labute approximate surface area is 113 Å². The molecule has 2 rings (SSSR count). The summed E-state index contributed by atoms with van der Waals surface area (Å²) in [7, 11) is 0. The van der Waals surface area contributed by atoms with E-state index in [0.717, 1.165) is 12.1 Å². The number of hydrogen-bond acceptors (Lipinski definition) is 3. The van der Waals surface area contributed by atoms with Crippen LogP contribution >= 0.6 is 0 Å². The first-order valence-electron chi connectivity index (χ1n) is 5.83. The first kappa shape index (κ1) is 14.5. The standard InChI is InChI=1S/C14H12F3NO2/c15-14(16,17)10-6-4-9(5-7-10)13(20)12-3-1-2-11(8-19)18-12/h1-7,13,19-20H,8H2. The van der Waals surface area contributed by atoms with Crippen LogP contribution < -0.4 is 0 Å². The summed E-state index contributed by atoms with van der Waals surface area (Å²) in [6.45, 7) is -0.270. The molecule has 0 saturated heterocycles. The Hall–Kier alpha value is -1.92. The molecule has 6 heteroatoms. The lowest BCUT2D eigenvalue weighted by Gasteiger charge is -2.13. The normalized spacial score (nSPS) is 13.2. The minimum Gasteiger partial charge on any atom is -0.390 e. The number of aromatic nitrogens is 1. The Morgan fingerprint density at radius 3 is 2.25 bits per heavy atom. The van der Waals surface area contributed by atoms with Gasteiger partial charge in [-0.05, 0) is 29.8 Å². The van der Waals surface area contributed by atoms with Crippen LogP contribution in [0, 0.1) is 0 Å². The summed E-state index contributed by atoms with van der Waals surface area (Å²) in [5, 5.41) is 19.1. The van der Waals surface area contributed by atoms with Gasteiger partial charge in [0, 0.05) is 0 Å². The maximum absolute atomic E-state index is 12.4. The quantitative estimate of drug-likeness (QED) is 0.910. The molecule has 0 aliphatic heterocycles. The molecule has 0 spiro atoms. The Balaban J connectivity index is 2.26. The van der Waals surface area contributed by atoms with E-state index in [-0.39, 0.29) is 12.3 Å². The molecule has 0 bridgehead atoms. The van der Waals surface area contributed by atoms with Crippen LogP contribution in [-0.4, -0.2) is 15.2 Å². The van der Waals surface area contributed by atoms with E-state index in [4.69, 9.17) is 5.11 Å². The van der Waals surface area contributed by atoms with Crippen LogP contribution in [0.2, 0.25) is 0 Å². The zero-order valence-corrected chi connectivity index (χ0v) is 10.3. The molecule has 2 aromatic rings. The first-order valence-corrected chi connectivity index (χ1v) is 5.83. The number of aliphatic hydroxyl groups is 2. The number of halogens is 3. The second kappa shape index (κ2) is 5.60. The third-order valence-electron chi connectivity index (χ3n) is 2.82. The summed E-state index contributed by atoms with van der Waals surface area (Å²) >= 11 is 0. The van der Waals surface area contributed by atoms with Gasteiger partial charge in [0.15, 0.2) is 0 Å². The largest absolute Gasteiger partial charge is 0.416 e. The maximum Gasteiger partial charge on any atom is 0.416 e. The van der Waals surface area contributed by atoms with Crippen molar-refractivity contribution >= 4 is 0 Å². The lowest BCUT2D eigenvalue weighted by molar-refractivity contribution is -0.137. The molecule has 2 N–H and O–H groups in total. The monoisotopic (exact) mass is 283 g/mol. The predicted octanol–water partition coefficient (Wildman–Crippen LogP) is 2.67. The van der Waals surface area contributed by atoms with Crippen molar-refractivity contribution in [3.8, 4) is 0 Å². The summed E-state index contributed by atoms with van der Waals surface area (Å²) in [6, 6.07) is 8.98. The van der Waals surface area contributed by atoms with Crippen molar-refractivity contribution in [3.05, 3.63) is 65.0 Å². The zero-order valence-electron chi connectivity index (χ0n) is 10.3. The van der Waals surface area contributed by atoms with Crippen LogP contribution in [0.3, 0.4) is 0 Å². The van der Waals surface area contributed by atoms with E-state index >= 15 is 0 Å². The van der Waals surface area contributed by atoms with E-state index in [1.807, 2.05) is 0 Å². The number of pyridine rings is 1. The molecule has 0 radical (unpaired) electrons. The van der Waals surface area contributed by atoms with Gasteiger partial charge < -0.3 is 10.2 Å². The highest BCUT2D eigenvalue weighted by atomic mass is 19.4. The second-order valence-corrected chi connectivity index (χ2v) is 4.23. The van der Waals surface area contributed by atoms with E-state index in [1.165, 1.54) is 12.1 Å². The van der Waals surface area contributed by atoms with E-state index in [2.05, 4.69) is 4.98 Å². The summed E-state index contributed by atoms with van der Waals surface area (Å²) in [5.41, 5.74) is 0.191. The highest BCUT2D eigenvalue weighted by Gasteiger charge is 2.30. The molecule has 0 aliphatic carbocycles. The Kier molecular flexibility index (Phi) is 4.06. The van der Waals surface area contributed by atoms with Crippen molar-refractivity contribution in [2.24, 2.45) is 0 Å². The molecule has 0 aliphatic rings. The molecule has 1 aromatic carbocycles. The van der Waals surface area contributed by atoms with Crippen molar-refractivity contribution in [3.63, 3.8) is 0 Å². The smallest absolute Gasteiger partial charge is 0.390 e. The van der Waals surface area contributed by atoms with Crippen molar-refractivity contribution in [2.75, 3.05) is 0 Å². The molecule has 1 unspecified atom stereocenters. The molecule has 3 nitrogen and oxygen atoms in total. The van der Waals surface area contributed by atoms with E-state index in [9.17, 15) is 18.3 Å². The minimum absolute atomic E-state index is 0.270. The molecule has 1 atom stereocenters. The van der Waals surface area contributed by atoms with Gasteiger partial charge in [-0.2, -0.15) is 13.2 Å². The lowest BCUT2D eigenvalue weighted by atomic mass is 10.0. The molecule has 1 aromatic heterocycles. The van der Waals surface area contributed by atoms with Crippen LogP contribution in [0.4, 0.5) is 13.2 Å². The van der Waals surface area contributed by atoms with Gasteiger partial charge in [-0.25, -0.2) is 0 Å². The highest BCUT2D eigenvalue weighted by molar-refractivity contribution is 5.30. The third kappa shape index (κ3) is 3.15. The van der Waals surface area contributed by atoms with Crippen LogP contribution in [0.1, 0.15) is 28.6 Å². The fourth-order valence-corrected chi connectivity index (χ4v) is 1.76. The van der Waals surface area contributed by atoms with Crippen LogP contribution in [0.25, 0.3) is 0 Å². The number of rotatable bonds is 3. The molecule has 0 fully saturated rings. The van der Waals surface area contributed by atoms with Gasteiger partial charge in [0.05, 0.1) is 23.6 Å². The van der Waals surface area contributed by atoms with Gasteiger partial charge in [-0.3, -0.25) is 4.98 Å². The maximum atomic E-state index is 12.4. The van der Waals surface area contributed by atoms with Crippen molar-refractivity contribution in [2.45, 2.75) is 18.9 Å². The van der Waals surface area contributed by atoms with Crippen LogP contribution in [0.15, 0.2) is 42.5 Å². The van der Waals surface area contributed by atoms with Crippen molar-refractivity contribution in [1.82, 2.24) is 4.98 Å². The van der Waals surface area contributed by atoms with E-state index < -0.39 is 17.8 Å². The highest BCUT2D eigenvalue weighted by Crippen LogP contribution is 2.30. The minimum atomic E-state index is -4.40. The zero-order chi connectivity index (χ0) is 14.8. The van der Waals surface area contributed by atoms with Crippen molar-refractivity contribution < 1.29 is 23.4 Å². The number of benzene rings is 1. The fourth-order valence-electron chi connectivity index (χ4n) is 1.76. The summed E-state index contributed by atoms with van der Waals surface area (Å²) in [6.07, 6.45) is -5.54. The summed E-state index contributed by atoms with van der Waals surface area (Å²) in [4.78, 5) is 4.02. The average molecular weight is 283 g/mol. The number of nitrogens with zero attached hydrogens (tertiary/aromatic N) is 1. The topological polar surface area (TPSA) is 53.4 Å². The Morgan fingerprint density at radius 2 is 1.70 bits per heavy atom. The molecule has 20 heavy (non-hydrogen) atoms. The number of aliphatic hydroxyl groups excluding tert-OH is 2. The lowest BCUT2D eigenvalue weighted by Crippen LogP contribution is -2.07. The van der Waals surface area contributed by atoms with Crippen LogP contribution in [0.5, 0.6) is 0 Å². The molecular formula is C14H12F3NO2. The molecule has 0 saturated carbocycles. The number of alkyl halides is 3. The van der Waals surface area contributed by atoms with Gasteiger partial charge in [0.2, 0.25) is 0 Å². The second-order valence-electron chi connectivity index (χ2n) is 4.23. The molecule has 106 valence electrons. The van der Waals surface area contributed by atoms with Gasteiger partial charge in [0.1, 0.15) is 6.10 Å². The van der Waals surface area contributed by atoms with Gasteiger partial charge in [-0.15, -0.1) is 0 Å². The predicted molar refractivity (Wildman–Crippen MR) is 65.7 cm³/mol. The van der Waals surface area contributed by atoms with E-state index in [1.54, 1.807) is 18.2 Å². The molecule has 1 heterocycles. The SMILES string of the molecule is OCc1cccc(C(O)c2ccc(C(F)(F)F)cc2)n1. The molecular weight excluding hydrogens is 271 g/mol. The first-order chi connectivity index (χ1) is 9.41. The third-order valence-corrected chi connectivity index (χ3v) is 2.82. The van der Waals surface area contributed by atoms with Gasteiger partial charge in [0.25, 0.3) is 0 Å². The average Bonchev–Trinajstić information content (AvgIpc) is 2.46. The van der Waals surface area contributed by atoms with Crippen LogP contribution in [-0.2, 0) is 12.8 Å². The van der Waals surface area contributed by atoms with Gasteiger partial charge >= 0.3 is 6.18 Å². The van der Waals surface area contributed by atoms with Crippen molar-refractivity contribution in [1.29, 1.82) is 0 Å². The number of hydrogen-bond donors (Lipinski definition) is 2. The fraction of sp³-hybridized carbons (Fsp3) is 0.214. The molecule has 0 amide bonds. The van der Waals surface area contributed by atoms with Gasteiger partial charge in [-0.1, -0.05) is 18.2 Å². The Bertz CT molecular complexity index is 582.